The smallest absolute Gasteiger partial charge is 0.139 e. The van der Waals surface area contributed by atoms with Crippen LogP contribution in [-0.4, -0.2) is 24.8 Å². The van der Waals surface area contributed by atoms with Crippen molar-refractivity contribution in [1.82, 2.24) is 15.8 Å². The quantitative estimate of drug-likeness (QED) is 0.682. The van der Waals surface area contributed by atoms with Gasteiger partial charge in [0.1, 0.15) is 5.76 Å². The van der Waals surface area contributed by atoms with E-state index in [4.69, 9.17) is 4.52 Å². The minimum atomic E-state index is 0.406. The summed E-state index contributed by atoms with van der Waals surface area (Å²) >= 11 is 0. The van der Waals surface area contributed by atoms with E-state index in [2.05, 4.69) is 43.5 Å². The molecule has 0 aliphatic carbocycles. The molecule has 0 unspecified atom stereocenters. The molecule has 17 heavy (non-hydrogen) atoms. The molecule has 0 saturated carbocycles. The van der Waals surface area contributed by atoms with Crippen LogP contribution < -0.4 is 10.6 Å². The van der Waals surface area contributed by atoms with Crippen molar-refractivity contribution in [2.45, 2.75) is 40.2 Å². The van der Waals surface area contributed by atoms with Crippen LogP contribution in [0.4, 0.5) is 0 Å². The van der Waals surface area contributed by atoms with Gasteiger partial charge in [-0.15, -0.1) is 0 Å². The summed E-state index contributed by atoms with van der Waals surface area (Å²) in [6.45, 7) is 12.4. The van der Waals surface area contributed by atoms with E-state index < -0.39 is 0 Å². The van der Waals surface area contributed by atoms with E-state index in [1.807, 2.05) is 6.07 Å². The van der Waals surface area contributed by atoms with Crippen molar-refractivity contribution in [3.63, 3.8) is 0 Å². The van der Waals surface area contributed by atoms with Crippen LogP contribution in [-0.2, 0) is 6.54 Å². The monoisotopic (exact) mass is 239 g/mol. The summed E-state index contributed by atoms with van der Waals surface area (Å²) in [4.78, 5) is 0. The fraction of sp³-hybridized carbons (Fsp3) is 0.769. The highest BCUT2D eigenvalue weighted by molar-refractivity contribution is 5.08. The molecule has 0 aliphatic heterocycles. The van der Waals surface area contributed by atoms with Crippen molar-refractivity contribution in [3.8, 4) is 0 Å². The maximum atomic E-state index is 5.23. The number of nitrogens with zero attached hydrogens (tertiary/aromatic N) is 1. The third-order valence-electron chi connectivity index (χ3n) is 2.48. The van der Waals surface area contributed by atoms with Gasteiger partial charge in [-0.2, -0.15) is 0 Å². The first-order chi connectivity index (χ1) is 8.09. The molecular formula is C13H25N3O. The zero-order chi connectivity index (χ0) is 12.7. The summed E-state index contributed by atoms with van der Waals surface area (Å²) in [7, 11) is 0. The normalized spacial score (nSPS) is 11.6. The van der Waals surface area contributed by atoms with Gasteiger partial charge >= 0.3 is 0 Å². The standard InChI is InChI=1S/C13H25N3O/c1-10(2)8-14-5-6-15-9-12-7-13(11(3)4)17-16-12/h7,10-11,14-15H,5-6,8-9H2,1-4H3. The highest BCUT2D eigenvalue weighted by Crippen LogP contribution is 2.14. The van der Waals surface area contributed by atoms with Gasteiger partial charge in [0, 0.05) is 31.6 Å². The van der Waals surface area contributed by atoms with Crippen molar-refractivity contribution in [2.75, 3.05) is 19.6 Å². The Bertz CT molecular complexity index is 307. The molecule has 0 spiro atoms. The first kappa shape index (κ1) is 14.2. The van der Waals surface area contributed by atoms with Crippen molar-refractivity contribution in [3.05, 3.63) is 17.5 Å². The van der Waals surface area contributed by atoms with Crippen molar-refractivity contribution in [1.29, 1.82) is 0 Å². The van der Waals surface area contributed by atoms with Gasteiger partial charge in [0.25, 0.3) is 0 Å². The maximum Gasteiger partial charge on any atom is 0.139 e. The second-order valence-electron chi connectivity index (χ2n) is 5.15. The molecule has 0 amide bonds. The molecule has 0 aliphatic rings. The van der Waals surface area contributed by atoms with Crippen LogP contribution >= 0.6 is 0 Å². The molecule has 0 saturated heterocycles. The lowest BCUT2D eigenvalue weighted by atomic mass is 10.1. The van der Waals surface area contributed by atoms with Gasteiger partial charge in [0.2, 0.25) is 0 Å². The molecule has 98 valence electrons. The van der Waals surface area contributed by atoms with E-state index in [9.17, 15) is 0 Å². The molecule has 0 aromatic carbocycles. The predicted molar refractivity (Wildman–Crippen MR) is 70.0 cm³/mol. The molecule has 0 radical (unpaired) electrons. The average Bonchev–Trinajstić information content (AvgIpc) is 2.71. The molecule has 1 aromatic heterocycles. The van der Waals surface area contributed by atoms with Gasteiger partial charge in [0.05, 0.1) is 5.69 Å². The third-order valence-corrected chi connectivity index (χ3v) is 2.48. The van der Waals surface area contributed by atoms with Crippen molar-refractivity contribution >= 4 is 0 Å². The summed E-state index contributed by atoms with van der Waals surface area (Å²) in [6, 6.07) is 2.03. The Kier molecular flexibility index (Phi) is 6.22. The Morgan fingerprint density at radius 3 is 2.47 bits per heavy atom. The molecule has 4 nitrogen and oxygen atoms in total. The lowest BCUT2D eigenvalue weighted by Gasteiger charge is -2.07. The summed E-state index contributed by atoms with van der Waals surface area (Å²) in [5.74, 6) is 2.07. The van der Waals surface area contributed by atoms with Crippen LogP contribution in [0, 0.1) is 5.92 Å². The van der Waals surface area contributed by atoms with E-state index in [0.29, 0.717) is 11.8 Å². The molecular weight excluding hydrogens is 214 g/mol. The van der Waals surface area contributed by atoms with Gasteiger partial charge in [-0.3, -0.25) is 0 Å². The molecule has 2 N–H and O–H groups in total. The van der Waals surface area contributed by atoms with E-state index in [-0.39, 0.29) is 0 Å². The Hall–Kier alpha value is -0.870. The Morgan fingerprint density at radius 2 is 1.88 bits per heavy atom. The van der Waals surface area contributed by atoms with Crippen LogP contribution in [0.1, 0.15) is 45.1 Å². The van der Waals surface area contributed by atoms with E-state index in [1.165, 1.54) is 0 Å². The fourth-order valence-electron chi connectivity index (χ4n) is 1.47. The zero-order valence-corrected chi connectivity index (χ0v) is 11.4. The van der Waals surface area contributed by atoms with Crippen LogP contribution in [0.5, 0.6) is 0 Å². The van der Waals surface area contributed by atoms with E-state index in [0.717, 1.165) is 37.6 Å². The third kappa shape index (κ3) is 5.84. The highest BCUT2D eigenvalue weighted by Gasteiger charge is 2.06. The number of nitrogens with one attached hydrogen (secondary N) is 2. The Labute approximate surface area is 104 Å². The molecule has 1 rings (SSSR count). The SMILES string of the molecule is CC(C)CNCCNCc1cc(C(C)C)on1. The van der Waals surface area contributed by atoms with Crippen molar-refractivity contribution in [2.24, 2.45) is 5.92 Å². The number of hydrogen-bond acceptors (Lipinski definition) is 4. The minimum absolute atomic E-state index is 0.406. The lowest BCUT2D eigenvalue weighted by Crippen LogP contribution is -2.29. The summed E-state index contributed by atoms with van der Waals surface area (Å²) in [5.41, 5.74) is 0.984. The van der Waals surface area contributed by atoms with Crippen LogP contribution in [0.3, 0.4) is 0 Å². The lowest BCUT2D eigenvalue weighted by molar-refractivity contribution is 0.364. The molecule has 4 heteroatoms. The molecule has 1 aromatic rings. The second kappa shape index (κ2) is 7.45. The van der Waals surface area contributed by atoms with Crippen LogP contribution in [0.25, 0.3) is 0 Å². The van der Waals surface area contributed by atoms with Gasteiger partial charge in [-0.05, 0) is 12.5 Å². The number of rotatable bonds is 8. The maximum absolute atomic E-state index is 5.23. The van der Waals surface area contributed by atoms with E-state index in [1.54, 1.807) is 0 Å². The average molecular weight is 239 g/mol. The number of aromatic nitrogens is 1. The largest absolute Gasteiger partial charge is 0.361 e. The summed E-state index contributed by atoms with van der Waals surface area (Å²) < 4.78 is 5.23. The molecule has 0 atom stereocenters. The Balaban J connectivity index is 2.09. The van der Waals surface area contributed by atoms with Crippen LogP contribution in [0.15, 0.2) is 10.6 Å². The van der Waals surface area contributed by atoms with Gasteiger partial charge in [-0.25, -0.2) is 0 Å². The topological polar surface area (TPSA) is 50.1 Å². The summed E-state index contributed by atoms with van der Waals surface area (Å²) in [5, 5.41) is 10.8. The van der Waals surface area contributed by atoms with Crippen LogP contribution in [0.2, 0.25) is 0 Å². The first-order valence-electron chi connectivity index (χ1n) is 6.46. The zero-order valence-electron chi connectivity index (χ0n) is 11.4. The van der Waals surface area contributed by atoms with Crippen molar-refractivity contribution < 1.29 is 4.52 Å². The molecule has 0 fully saturated rings. The van der Waals surface area contributed by atoms with E-state index >= 15 is 0 Å². The summed E-state index contributed by atoms with van der Waals surface area (Å²) in [6.07, 6.45) is 0. The highest BCUT2D eigenvalue weighted by atomic mass is 16.5. The van der Waals surface area contributed by atoms with Gasteiger partial charge in [-0.1, -0.05) is 32.9 Å². The predicted octanol–water partition coefficient (Wildman–Crippen LogP) is 2.13. The Morgan fingerprint density at radius 1 is 1.18 bits per heavy atom. The fourth-order valence-corrected chi connectivity index (χ4v) is 1.47. The molecule has 0 bridgehead atoms. The number of hydrogen-bond donors (Lipinski definition) is 2. The van der Waals surface area contributed by atoms with Gasteiger partial charge < -0.3 is 15.2 Å². The minimum Gasteiger partial charge on any atom is -0.361 e. The van der Waals surface area contributed by atoms with Gasteiger partial charge in [0.15, 0.2) is 0 Å². The second-order valence-corrected chi connectivity index (χ2v) is 5.15. The molecule has 1 heterocycles. The first-order valence-corrected chi connectivity index (χ1v) is 6.46.